The van der Waals surface area contributed by atoms with E-state index >= 15 is 0 Å². The summed E-state index contributed by atoms with van der Waals surface area (Å²) in [5.41, 5.74) is 0.470. The predicted molar refractivity (Wildman–Crippen MR) is 61.1 cm³/mol. The van der Waals surface area contributed by atoms with E-state index in [1.165, 1.54) is 24.3 Å². The van der Waals surface area contributed by atoms with Gasteiger partial charge in [-0.1, -0.05) is 0 Å². The maximum Gasteiger partial charge on any atom is 0.251 e. The van der Waals surface area contributed by atoms with Crippen LogP contribution in [0.2, 0.25) is 0 Å². The van der Waals surface area contributed by atoms with Gasteiger partial charge in [0.05, 0.1) is 5.38 Å². The van der Waals surface area contributed by atoms with Crippen molar-refractivity contribution in [3.8, 4) is 0 Å². The van der Waals surface area contributed by atoms with Crippen LogP contribution < -0.4 is 5.32 Å². The Bertz CT molecular complexity index is 379. The minimum atomic E-state index is -0.340. The molecule has 1 aliphatic rings. The van der Waals surface area contributed by atoms with Crippen LogP contribution in [0.1, 0.15) is 29.6 Å². The highest BCUT2D eigenvalue weighted by Crippen LogP contribution is 2.24. The highest BCUT2D eigenvalue weighted by Gasteiger charge is 2.26. The molecule has 1 aromatic rings. The van der Waals surface area contributed by atoms with E-state index in [0.29, 0.717) is 5.56 Å². The number of carbonyl (C=O) groups is 1. The van der Waals surface area contributed by atoms with Crippen molar-refractivity contribution >= 4 is 17.5 Å². The molecular formula is C12H13ClFNO. The Hall–Kier alpha value is -1.09. The largest absolute Gasteiger partial charge is 0.348 e. The number of hydrogen-bond donors (Lipinski definition) is 1. The molecule has 16 heavy (non-hydrogen) atoms. The third kappa shape index (κ3) is 2.53. The van der Waals surface area contributed by atoms with Crippen LogP contribution in [0, 0.1) is 5.82 Å². The SMILES string of the molecule is O=C(NC1CCCC1Cl)c1ccc(F)cc1. The zero-order chi connectivity index (χ0) is 11.5. The molecule has 86 valence electrons. The first-order valence-electron chi connectivity index (χ1n) is 5.37. The summed E-state index contributed by atoms with van der Waals surface area (Å²) in [5.74, 6) is -0.523. The van der Waals surface area contributed by atoms with E-state index in [-0.39, 0.29) is 23.1 Å². The molecule has 0 spiro atoms. The molecule has 2 atom stereocenters. The molecule has 1 amide bonds. The Morgan fingerprint density at radius 2 is 2.00 bits per heavy atom. The van der Waals surface area contributed by atoms with E-state index in [1.807, 2.05) is 0 Å². The molecule has 0 saturated heterocycles. The normalized spacial score (nSPS) is 24.4. The summed E-state index contributed by atoms with van der Waals surface area (Å²) >= 11 is 6.06. The lowest BCUT2D eigenvalue weighted by Crippen LogP contribution is -2.37. The van der Waals surface area contributed by atoms with E-state index in [4.69, 9.17) is 11.6 Å². The highest BCUT2D eigenvalue weighted by atomic mass is 35.5. The number of carbonyl (C=O) groups excluding carboxylic acids is 1. The maximum absolute atomic E-state index is 12.7. The summed E-state index contributed by atoms with van der Waals surface area (Å²) < 4.78 is 12.7. The molecule has 0 heterocycles. The van der Waals surface area contributed by atoms with E-state index in [1.54, 1.807) is 0 Å². The van der Waals surface area contributed by atoms with Crippen molar-refractivity contribution in [1.82, 2.24) is 5.32 Å². The highest BCUT2D eigenvalue weighted by molar-refractivity contribution is 6.21. The number of halogens is 2. The van der Waals surface area contributed by atoms with E-state index in [9.17, 15) is 9.18 Å². The number of hydrogen-bond acceptors (Lipinski definition) is 1. The molecule has 0 aliphatic heterocycles. The van der Waals surface area contributed by atoms with Crippen LogP contribution in [0.25, 0.3) is 0 Å². The molecule has 0 radical (unpaired) electrons. The molecule has 2 nitrogen and oxygen atoms in total. The summed E-state index contributed by atoms with van der Waals surface area (Å²) in [6, 6.07) is 5.55. The molecule has 4 heteroatoms. The Morgan fingerprint density at radius 1 is 1.31 bits per heavy atom. The third-order valence-electron chi connectivity index (χ3n) is 2.85. The average molecular weight is 242 g/mol. The molecule has 1 saturated carbocycles. The Labute approximate surface area is 98.8 Å². The van der Waals surface area contributed by atoms with Gasteiger partial charge in [-0.2, -0.15) is 0 Å². The van der Waals surface area contributed by atoms with Crippen molar-refractivity contribution in [1.29, 1.82) is 0 Å². The van der Waals surface area contributed by atoms with E-state index in [0.717, 1.165) is 19.3 Å². The van der Waals surface area contributed by atoms with Crippen molar-refractivity contribution < 1.29 is 9.18 Å². The van der Waals surface area contributed by atoms with Gasteiger partial charge in [-0.3, -0.25) is 4.79 Å². The zero-order valence-corrected chi connectivity index (χ0v) is 9.51. The van der Waals surface area contributed by atoms with Gasteiger partial charge in [0.1, 0.15) is 5.82 Å². The van der Waals surface area contributed by atoms with Crippen LogP contribution in [-0.2, 0) is 0 Å². The van der Waals surface area contributed by atoms with Crippen molar-refractivity contribution in [2.45, 2.75) is 30.7 Å². The Morgan fingerprint density at radius 3 is 2.56 bits per heavy atom. The monoisotopic (exact) mass is 241 g/mol. The molecular weight excluding hydrogens is 229 g/mol. The van der Waals surface area contributed by atoms with E-state index in [2.05, 4.69) is 5.32 Å². The minimum absolute atomic E-state index is 0.0180. The fourth-order valence-electron chi connectivity index (χ4n) is 1.93. The van der Waals surface area contributed by atoms with Crippen LogP contribution in [0.15, 0.2) is 24.3 Å². The second-order valence-electron chi connectivity index (χ2n) is 4.03. The quantitative estimate of drug-likeness (QED) is 0.793. The number of nitrogens with one attached hydrogen (secondary N) is 1. The zero-order valence-electron chi connectivity index (χ0n) is 8.75. The standard InChI is InChI=1S/C12H13ClFNO/c13-10-2-1-3-11(10)15-12(16)8-4-6-9(14)7-5-8/h4-7,10-11H,1-3H2,(H,15,16). The van der Waals surface area contributed by atoms with Crippen LogP contribution in [0.3, 0.4) is 0 Å². The second kappa shape index (κ2) is 4.83. The van der Waals surface area contributed by atoms with Gasteiger partial charge in [-0.25, -0.2) is 4.39 Å². The summed E-state index contributed by atoms with van der Waals surface area (Å²) in [6.07, 6.45) is 2.90. The predicted octanol–water partition coefficient (Wildman–Crippen LogP) is 2.72. The summed E-state index contributed by atoms with van der Waals surface area (Å²) in [6.45, 7) is 0. The maximum atomic E-state index is 12.7. The molecule has 0 aromatic heterocycles. The number of alkyl halides is 1. The van der Waals surface area contributed by atoms with Crippen molar-refractivity contribution in [3.05, 3.63) is 35.6 Å². The first-order chi connectivity index (χ1) is 7.66. The fourth-order valence-corrected chi connectivity index (χ4v) is 2.27. The number of benzene rings is 1. The fraction of sp³-hybridized carbons (Fsp3) is 0.417. The molecule has 1 N–H and O–H groups in total. The molecule has 1 aliphatic carbocycles. The molecule has 2 rings (SSSR count). The van der Waals surface area contributed by atoms with Crippen molar-refractivity contribution in [2.75, 3.05) is 0 Å². The Kier molecular flexibility index (Phi) is 3.44. The van der Waals surface area contributed by atoms with Crippen LogP contribution in [0.5, 0.6) is 0 Å². The topological polar surface area (TPSA) is 29.1 Å². The lowest BCUT2D eigenvalue weighted by molar-refractivity contribution is 0.0938. The number of amides is 1. The smallest absolute Gasteiger partial charge is 0.251 e. The molecule has 1 fully saturated rings. The first-order valence-corrected chi connectivity index (χ1v) is 5.81. The molecule has 2 unspecified atom stereocenters. The van der Waals surface area contributed by atoms with Gasteiger partial charge in [-0.05, 0) is 43.5 Å². The summed E-state index contributed by atoms with van der Waals surface area (Å²) in [7, 11) is 0. The van der Waals surface area contributed by atoms with Gasteiger partial charge in [-0.15, -0.1) is 11.6 Å². The van der Waals surface area contributed by atoms with Crippen LogP contribution >= 0.6 is 11.6 Å². The third-order valence-corrected chi connectivity index (χ3v) is 3.38. The molecule has 1 aromatic carbocycles. The average Bonchev–Trinajstić information content (AvgIpc) is 2.65. The Balaban J connectivity index is 2.00. The van der Waals surface area contributed by atoms with Crippen LogP contribution in [-0.4, -0.2) is 17.3 Å². The van der Waals surface area contributed by atoms with Gasteiger partial charge in [0.2, 0.25) is 0 Å². The van der Waals surface area contributed by atoms with Gasteiger partial charge < -0.3 is 5.32 Å². The van der Waals surface area contributed by atoms with Gasteiger partial charge in [0.15, 0.2) is 0 Å². The first kappa shape index (κ1) is 11.4. The van der Waals surface area contributed by atoms with Gasteiger partial charge >= 0.3 is 0 Å². The van der Waals surface area contributed by atoms with Crippen molar-refractivity contribution in [2.24, 2.45) is 0 Å². The minimum Gasteiger partial charge on any atom is -0.348 e. The molecule has 0 bridgehead atoms. The van der Waals surface area contributed by atoms with E-state index < -0.39 is 0 Å². The summed E-state index contributed by atoms with van der Waals surface area (Å²) in [5, 5.41) is 2.89. The second-order valence-corrected chi connectivity index (χ2v) is 4.59. The van der Waals surface area contributed by atoms with Gasteiger partial charge in [0, 0.05) is 11.6 Å². The van der Waals surface area contributed by atoms with Crippen molar-refractivity contribution in [3.63, 3.8) is 0 Å². The lowest BCUT2D eigenvalue weighted by atomic mass is 10.2. The van der Waals surface area contributed by atoms with Gasteiger partial charge in [0.25, 0.3) is 5.91 Å². The van der Waals surface area contributed by atoms with Crippen LogP contribution in [0.4, 0.5) is 4.39 Å². The summed E-state index contributed by atoms with van der Waals surface area (Å²) in [4.78, 5) is 11.8. The number of rotatable bonds is 2. The lowest BCUT2D eigenvalue weighted by Gasteiger charge is -2.15.